The first-order valence-corrected chi connectivity index (χ1v) is 4.86. The highest BCUT2D eigenvalue weighted by molar-refractivity contribution is 6.00. The number of aromatic carboxylic acids is 1. The number of imide groups is 1. The van der Waals surface area contributed by atoms with Crippen LogP contribution in [0.1, 0.15) is 22.0 Å². The van der Waals surface area contributed by atoms with E-state index >= 15 is 0 Å². The molecule has 1 aliphatic heterocycles. The Kier molecular flexibility index (Phi) is 2.73. The average Bonchev–Trinajstić information content (AvgIpc) is 2.29. The van der Waals surface area contributed by atoms with Crippen molar-refractivity contribution in [2.75, 3.05) is 6.54 Å². The number of carboxylic acid groups (broad SMARTS) is 1. The summed E-state index contributed by atoms with van der Waals surface area (Å²) >= 11 is 0. The van der Waals surface area contributed by atoms with Crippen molar-refractivity contribution in [1.82, 2.24) is 15.6 Å². The van der Waals surface area contributed by atoms with Crippen molar-refractivity contribution in [2.45, 2.75) is 5.92 Å². The number of nitrogens with one attached hydrogen (secondary N) is 2. The fraction of sp³-hybridized carbons (Fsp3) is 0.200. The number of urea groups is 1. The van der Waals surface area contributed by atoms with Crippen LogP contribution in [0.15, 0.2) is 18.3 Å². The number of pyridine rings is 1. The van der Waals surface area contributed by atoms with Crippen LogP contribution in [0.4, 0.5) is 4.79 Å². The maximum Gasteiger partial charge on any atom is 0.335 e. The molecule has 2 heterocycles. The summed E-state index contributed by atoms with van der Waals surface area (Å²) in [5.41, 5.74) is 0.377. The second-order valence-electron chi connectivity index (χ2n) is 3.53. The van der Waals surface area contributed by atoms with Crippen LogP contribution >= 0.6 is 0 Å². The predicted molar refractivity (Wildman–Crippen MR) is 55.5 cm³/mol. The number of hydrogen-bond donors (Lipinski definition) is 3. The van der Waals surface area contributed by atoms with Crippen LogP contribution in [-0.2, 0) is 4.79 Å². The number of carbonyl (C=O) groups excluding carboxylic acids is 2. The van der Waals surface area contributed by atoms with Crippen LogP contribution in [0.2, 0.25) is 0 Å². The molecule has 0 bridgehead atoms. The highest BCUT2D eigenvalue weighted by Gasteiger charge is 2.28. The van der Waals surface area contributed by atoms with Crippen LogP contribution in [0, 0.1) is 0 Å². The molecule has 88 valence electrons. The number of amides is 3. The number of rotatable bonds is 2. The Morgan fingerprint density at radius 2 is 2.24 bits per heavy atom. The lowest BCUT2D eigenvalue weighted by Crippen LogP contribution is -2.51. The van der Waals surface area contributed by atoms with Gasteiger partial charge < -0.3 is 10.4 Å². The Hall–Kier alpha value is -2.44. The van der Waals surface area contributed by atoms with Gasteiger partial charge in [0.05, 0.1) is 17.2 Å². The van der Waals surface area contributed by atoms with E-state index in [1.165, 1.54) is 18.3 Å². The summed E-state index contributed by atoms with van der Waals surface area (Å²) < 4.78 is 0. The fourth-order valence-corrected chi connectivity index (χ4v) is 1.54. The first-order valence-electron chi connectivity index (χ1n) is 4.86. The number of hydrogen-bond acceptors (Lipinski definition) is 4. The highest BCUT2D eigenvalue weighted by Crippen LogP contribution is 2.16. The molecule has 0 radical (unpaired) electrons. The molecular formula is C10H9N3O4. The third-order valence-corrected chi connectivity index (χ3v) is 2.41. The zero-order valence-electron chi connectivity index (χ0n) is 8.64. The van der Waals surface area contributed by atoms with Crippen molar-refractivity contribution < 1.29 is 19.5 Å². The molecule has 17 heavy (non-hydrogen) atoms. The van der Waals surface area contributed by atoms with Gasteiger partial charge in [0.15, 0.2) is 0 Å². The number of carbonyl (C=O) groups is 3. The van der Waals surface area contributed by atoms with Crippen LogP contribution in [0.3, 0.4) is 0 Å². The molecule has 3 amide bonds. The molecule has 7 nitrogen and oxygen atoms in total. The second kappa shape index (κ2) is 4.20. The fourth-order valence-electron chi connectivity index (χ4n) is 1.54. The van der Waals surface area contributed by atoms with Crippen LogP contribution in [0.5, 0.6) is 0 Å². The lowest BCUT2D eigenvalue weighted by Gasteiger charge is -2.21. The van der Waals surface area contributed by atoms with Crippen LogP contribution in [-0.4, -0.2) is 34.5 Å². The SMILES string of the molecule is O=C1NC[C@@H](c2cc(C(=O)O)ccn2)C(=O)N1. The van der Waals surface area contributed by atoms with Gasteiger partial charge in [-0.3, -0.25) is 15.1 Å². The van der Waals surface area contributed by atoms with Gasteiger partial charge in [0.1, 0.15) is 0 Å². The smallest absolute Gasteiger partial charge is 0.335 e. The quantitative estimate of drug-likeness (QED) is 0.652. The minimum Gasteiger partial charge on any atom is -0.478 e. The van der Waals surface area contributed by atoms with E-state index in [-0.39, 0.29) is 12.1 Å². The molecule has 3 N–H and O–H groups in total. The summed E-state index contributed by atoms with van der Waals surface area (Å²) in [5, 5.41) is 13.4. The number of nitrogens with zero attached hydrogens (tertiary/aromatic N) is 1. The first kappa shape index (κ1) is 11.1. The zero-order chi connectivity index (χ0) is 12.4. The molecule has 2 rings (SSSR count). The van der Waals surface area contributed by atoms with Crippen molar-refractivity contribution in [2.24, 2.45) is 0 Å². The Labute approximate surface area is 95.8 Å². The molecule has 1 aliphatic rings. The number of carboxylic acids is 1. The summed E-state index contributed by atoms with van der Waals surface area (Å²) in [5.74, 6) is -2.23. The Morgan fingerprint density at radius 3 is 2.88 bits per heavy atom. The summed E-state index contributed by atoms with van der Waals surface area (Å²) in [6.45, 7) is 0.112. The summed E-state index contributed by atoms with van der Waals surface area (Å²) in [6.07, 6.45) is 1.32. The van der Waals surface area contributed by atoms with Gasteiger partial charge in [0.25, 0.3) is 0 Å². The first-order chi connectivity index (χ1) is 8.08. The normalized spacial score (nSPS) is 19.4. The highest BCUT2D eigenvalue weighted by atomic mass is 16.4. The molecular weight excluding hydrogens is 226 g/mol. The van der Waals surface area contributed by atoms with Crippen molar-refractivity contribution in [3.63, 3.8) is 0 Å². The van der Waals surface area contributed by atoms with E-state index in [1.807, 2.05) is 0 Å². The summed E-state index contributed by atoms with van der Waals surface area (Å²) in [6, 6.07) is 2.11. The molecule has 0 aromatic carbocycles. The van der Waals surface area contributed by atoms with Crippen LogP contribution in [0.25, 0.3) is 0 Å². The van der Waals surface area contributed by atoms with Gasteiger partial charge in [-0.15, -0.1) is 0 Å². The Morgan fingerprint density at radius 1 is 1.47 bits per heavy atom. The van der Waals surface area contributed by atoms with E-state index in [0.29, 0.717) is 5.69 Å². The van der Waals surface area contributed by atoms with Gasteiger partial charge in [-0.2, -0.15) is 0 Å². The molecule has 1 aromatic rings. The molecule has 1 fully saturated rings. The predicted octanol–water partition coefficient (Wildman–Crippen LogP) is -0.297. The van der Waals surface area contributed by atoms with E-state index in [2.05, 4.69) is 15.6 Å². The standard InChI is InChI=1S/C10H9N3O4/c14-8-6(4-12-10(17)13-8)7-3-5(9(15)16)1-2-11-7/h1-3,6H,4H2,(H,15,16)(H2,12,13,14,17)/t6-/m0/s1. The average molecular weight is 235 g/mol. The molecule has 1 atom stereocenters. The lowest BCUT2D eigenvalue weighted by atomic mass is 10.0. The summed E-state index contributed by atoms with van der Waals surface area (Å²) in [7, 11) is 0. The zero-order valence-corrected chi connectivity index (χ0v) is 8.64. The minimum atomic E-state index is -1.09. The number of aromatic nitrogens is 1. The minimum absolute atomic E-state index is 0.0553. The largest absolute Gasteiger partial charge is 0.478 e. The van der Waals surface area contributed by atoms with Gasteiger partial charge in [0.2, 0.25) is 5.91 Å². The van der Waals surface area contributed by atoms with Gasteiger partial charge in [-0.05, 0) is 12.1 Å². The molecule has 7 heteroatoms. The van der Waals surface area contributed by atoms with Crippen molar-refractivity contribution in [3.8, 4) is 0 Å². The molecule has 0 unspecified atom stereocenters. The molecule has 1 aromatic heterocycles. The second-order valence-corrected chi connectivity index (χ2v) is 3.53. The topological polar surface area (TPSA) is 108 Å². The third-order valence-electron chi connectivity index (χ3n) is 2.41. The van der Waals surface area contributed by atoms with E-state index in [0.717, 1.165) is 0 Å². The van der Waals surface area contributed by atoms with Gasteiger partial charge in [-0.1, -0.05) is 0 Å². The maximum atomic E-state index is 11.5. The van der Waals surface area contributed by atoms with Crippen molar-refractivity contribution in [1.29, 1.82) is 0 Å². The van der Waals surface area contributed by atoms with Gasteiger partial charge >= 0.3 is 12.0 Å². The molecule has 0 spiro atoms. The molecule has 1 saturated heterocycles. The van der Waals surface area contributed by atoms with E-state index in [9.17, 15) is 14.4 Å². The van der Waals surface area contributed by atoms with Gasteiger partial charge in [-0.25, -0.2) is 9.59 Å². The maximum absolute atomic E-state index is 11.5. The monoisotopic (exact) mass is 235 g/mol. The van der Waals surface area contributed by atoms with Crippen LogP contribution < -0.4 is 10.6 Å². The molecule has 0 aliphatic carbocycles. The lowest BCUT2D eigenvalue weighted by molar-refractivity contribution is -0.122. The van der Waals surface area contributed by atoms with Gasteiger partial charge in [0, 0.05) is 12.7 Å². The Bertz CT molecular complexity index is 500. The van der Waals surface area contributed by atoms with E-state index in [1.54, 1.807) is 0 Å². The van der Waals surface area contributed by atoms with E-state index in [4.69, 9.17) is 5.11 Å². The van der Waals surface area contributed by atoms with Crippen molar-refractivity contribution in [3.05, 3.63) is 29.6 Å². The van der Waals surface area contributed by atoms with Crippen molar-refractivity contribution >= 4 is 17.9 Å². The summed E-state index contributed by atoms with van der Waals surface area (Å²) in [4.78, 5) is 37.1. The third kappa shape index (κ3) is 2.22. The van der Waals surface area contributed by atoms with E-state index < -0.39 is 23.8 Å². The molecule has 0 saturated carbocycles. The Balaban J connectivity index is 2.28.